The molecule has 1 atom stereocenters. The Kier molecular flexibility index (Phi) is 7.18. The van der Waals surface area contributed by atoms with Gasteiger partial charge >= 0.3 is 12.1 Å². The summed E-state index contributed by atoms with van der Waals surface area (Å²) in [6.45, 7) is 5.79. The highest BCUT2D eigenvalue weighted by Crippen LogP contribution is 2.44. The zero-order valence-corrected chi connectivity index (χ0v) is 18.7. The van der Waals surface area contributed by atoms with E-state index in [0.717, 1.165) is 22.3 Å². The topological polar surface area (TPSA) is 105 Å². The largest absolute Gasteiger partial charge is 0.481 e. The van der Waals surface area contributed by atoms with Crippen LogP contribution in [-0.4, -0.2) is 41.3 Å². The Morgan fingerprint density at radius 1 is 1.03 bits per heavy atom. The van der Waals surface area contributed by atoms with Gasteiger partial charge in [-0.3, -0.25) is 9.59 Å². The van der Waals surface area contributed by atoms with Crippen LogP contribution in [0, 0.1) is 0 Å². The average Bonchev–Trinajstić information content (AvgIpc) is 3.08. The first-order chi connectivity index (χ1) is 15.2. The van der Waals surface area contributed by atoms with Crippen LogP contribution in [0.25, 0.3) is 11.1 Å². The van der Waals surface area contributed by atoms with E-state index in [1.807, 2.05) is 57.2 Å². The van der Waals surface area contributed by atoms with E-state index in [1.165, 1.54) is 0 Å². The Morgan fingerprint density at radius 2 is 1.59 bits per heavy atom. The molecule has 1 unspecified atom stereocenters. The summed E-state index contributed by atoms with van der Waals surface area (Å²) >= 11 is 0. The Morgan fingerprint density at radius 3 is 2.12 bits per heavy atom. The summed E-state index contributed by atoms with van der Waals surface area (Å²) < 4.78 is 5.51. The molecule has 1 aliphatic rings. The zero-order valence-electron chi connectivity index (χ0n) is 18.7. The molecule has 7 nitrogen and oxygen atoms in total. The Labute approximate surface area is 188 Å². The number of benzene rings is 2. The summed E-state index contributed by atoms with van der Waals surface area (Å²) in [5, 5.41) is 14.4. The van der Waals surface area contributed by atoms with E-state index >= 15 is 0 Å². The van der Waals surface area contributed by atoms with Crippen LogP contribution in [0.4, 0.5) is 4.79 Å². The Bertz CT molecular complexity index is 956. The molecule has 0 fully saturated rings. The molecule has 0 saturated carbocycles. The van der Waals surface area contributed by atoms with E-state index in [-0.39, 0.29) is 25.4 Å². The fourth-order valence-corrected chi connectivity index (χ4v) is 3.83. The molecule has 0 bridgehead atoms. The fourth-order valence-electron chi connectivity index (χ4n) is 3.83. The number of carbonyl (C=O) groups is 3. The zero-order chi connectivity index (χ0) is 23.3. The second-order valence-electron chi connectivity index (χ2n) is 8.68. The predicted molar refractivity (Wildman–Crippen MR) is 121 cm³/mol. The number of amides is 2. The normalized spacial score (nSPS) is 13.6. The van der Waals surface area contributed by atoms with Gasteiger partial charge in [0.15, 0.2) is 0 Å². The molecular formula is C25H30N2O5. The third kappa shape index (κ3) is 5.46. The molecule has 2 aromatic rings. The van der Waals surface area contributed by atoms with Gasteiger partial charge in [-0.15, -0.1) is 0 Å². The van der Waals surface area contributed by atoms with Gasteiger partial charge < -0.3 is 20.5 Å². The van der Waals surface area contributed by atoms with Gasteiger partial charge in [0.25, 0.3) is 0 Å². The van der Waals surface area contributed by atoms with Crippen molar-refractivity contribution in [2.45, 2.75) is 57.5 Å². The maximum Gasteiger partial charge on any atom is 0.407 e. The number of hydrogen-bond donors (Lipinski definition) is 3. The van der Waals surface area contributed by atoms with Crippen molar-refractivity contribution in [1.29, 1.82) is 0 Å². The number of nitrogens with one attached hydrogen (secondary N) is 2. The molecule has 0 aromatic heterocycles. The van der Waals surface area contributed by atoms with E-state index in [4.69, 9.17) is 9.84 Å². The van der Waals surface area contributed by atoms with Gasteiger partial charge in [0.2, 0.25) is 5.91 Å². The number of carboxylic acid groups (broad SMARTS) is 1. The standard InChI is InChI=1S/C25H30N2O5/c1-4-25(2,3)27-23(30)21(13-14-22(28)29)26-24(31)32-15-20-18-11-7-5-9-16(18)17-10-6-8-12-19(17)20/h5-12,20-21H,4,13-15H2,1-3H3,(H,26,31)(H,27,30)(H,28,29). The van der Waals surface area contributed by atoms with Gasteiger partial charge in [0.1, 0.15) is 12.6 Å². The number of fused-ring (bicyclic) bond motifs is 3. The van der Waals surface area contributed by atoms with E-state index in [2.05, 4.69) is 22.8 Å². The summed E-state index contributed by atoms with van der Waals surface area (Å²) in [4.78, 5) is 36.2. The number of carbonyl (C=O) groups excluding carboxylic acids is 2. The first-order valence-corrected chi connectivity index (χ1v) is 10.9. The Balaban J connectivity index is 1.67. The molecular weight excluding hydrogens is 408 g/mol. The molecule has 0 radical (unpaired) electrons. The Hall–Kier alpha value is -3.35. The van der Waals surface area contributed by atoms with Crippen LogP contribution in [-0.2, 0) is 14.3 Å². The van der Waals surface area contributed by atoms with Crippen LogP contribution in [0.3, 0.4) is 0 Å². The SMILES string of the molecule is CCC(C)(C)NC(=O)C(CCC(=O)O)NC(=O)OCC1c2ccccc2-c2ccccc21. The molecule has 32 heavy (non-hydrogen) atoms. The van der Waals surface area contributed by atoms with Gasteiger partial charge in [-0.25, -0.2) is 4.79 Å². The van der Waals surface area contributed by atoms with E-state index in [9.17, 15) is 14.4 Å². The van der Waals surface area contributed by atoms with Crippen molar-refractivity contribution >= 4 is 18.0 Å². The van der Waals surface area contributed by atoms with Crippen LogP contribution in [0.5, 0.6) is 0 Å². The van der Waals surface area contributed by atoms with Crippen molar-refractivity contribution in [3.05, 3.63) is 59.7 Å². The van der Waals surface area contributed by atoms with Gasteiger partial charge in [-0.1, -0.05) is 55.5 Å². The van der Waals surface area contributed by atoms with Gasteiger partial charge in [0.05, 0.1) is 0 Å². The quantitative estimate of drug-likeness (QED) is 0.548. The van der Waals surface area contributed by atoms with Crippen molar-refractivity contribution < 1.29 is 24.2 Å². The minimum Gasteiger partial charge on any atom is -0.481 e. The average molecular weight is 439 g/mol. The van der Waals surface area contributed by atoms with Crippen LogP contribution in [0.1, 0.15) is 57.1 Å². The smallest absolute Gasteiger partial charge is 0.407 e. The van der Waals surface area contributed by atoms with Crippen LogP contribution in [0.2, 0.25) is 0 Å². The van der Waals surface area contributed by atoms with Crippen molar-refractivity contribution in [2.24, 2.45) is 0 Å². The number of carboxylic acids is 1. The second-order valence-corrected chi connectivity index (χ2v) is 8.68. The van der Waals surface area contributed by atoms with Gasteiger partial charge in [-0.2, -0.15) is 0 Å². The lowest BCUT2D eigenvalue weighted by atomic mass is 9.98. The molecule has 0 aliphatic heterocycles. The first-order valence-electron chi connectivity index (χ1n) is 10.9. The molecule has 0 heterocycles. The molecule has 0 saturated heterocycles. The number of alkyl carbamates (subject to hydrolysis) is 1. The molecule has 2 aromatic carbocycles. The molecule has 3 rings (SSSR count). The van der Waals surface area contributed by atoms with Crippen LogP contribution >= 0.6 is 0 Å². The minimum absolute atomic E-state index is 0.0227. The highest BCUT2D eigenvalue weighted by Gasteiger charge is 2.30. The van der Waals surface area contributed by atoms with E-state index in [0.29, 0.717) is 6.42 Å². The van der Waals surface area contributed by atoms with Crippen molar-refractivity contribution in [3.63, 3.8) is 0 Å². The molecule has 1 aliphatic carbocycles. The van der Waals surface area contributed by atoms with Crippen LogP contribution in [0.15, 0.2) is 48.5 Å². The summed E-state index contributed by atoms with van der Waals surface area (Å²) in [5.41, 5.74) is 3.95. The number of aliphatic carboxylic acids is 1. The summed E-state index contributed by atoms with van der Waals surface area (Å²) in [6.07, 6.45) is -0.318. The van der Waals surface area contributed by atoms with Gasteiger partial charge in [-0.05, 0) is 48.9 Å². The van der Waals surface area contributed by atoms with Crippen molar-refractivity contribution in [3.8, 4) is 11.1 Å². The number of rotatable bonds is 9. The third-order valence-electron chi connectivity index (χ3n) is 5.94. The van der Waals surface area contributed by atoms with Crippen LogP contribution < -0.4 is 10.6 Å². The molecule has 7 heteroatoms. The molecule has 3 N–H and O–H groups in total. The maximum absolute atomic E-state index is 12.7. The fraction of sp³-hybridized carbons (Fsp3) is 0.400. The van der Waals surface area contributed by atoms with Crippen molar-refractivity contribution in [1.82, 2.24) is 10.6 Å². The predicted octanol–water partition coefficient (Wildman–Crippen LogP) is 4.06. The summed E-state index contributed by atoms with van der Waals surface area (Å²) in [6, 6.07) is 15.0. The minimum atomic E-state index is -1.04. The van der Waals surface area contributed by atoms with E-state index in [1.54, 1.807) is 0 Å². The lowest BCUT2D eigenvalue weighted by Crippen LogP contribution is -2.53. The first kappa shape index (κ1) is 23.3. The number of hydrogen-bond acceptors (Lipinski definition) is 4. The third-order valence-corrected chi connectivity index (χ3v) is 5.94. The molecule has 170 valence electrons. The molecule has 0 spiro atoms. The van der Waals surface area contributed by atoms with E-state index < -0.39 is 29.6 Å². The van der Waals surface area contributed by atoms with Gasteiger partial charge in [0, 0.05) is 17.9 Å². The lowest BCUT2D eigenvalue weighted by Gasteiger charge is -2.28. The monoisotopic (exact) mass is 438 g/mol. The summed E-state index contributed by atoms with van der Waals surface area (Å²) in [7, 11) is 0. The number of ether oxygens (including phenoxy) is 1. The highest BCUT2D eigenvalue weighted by molar-refractivity contribution is 5.86. The lowest BCUT2D eigenvalue weighted by molar-refractivity contribution is -0.137. The maximum atomic E-state index is 12.7. The molecule has 2 amide bonds. The van der Waals surface area contributed by atoms with Crippen molar-refractivity contribution in [2.75, 3.05) is 6.61 Å². The summed E-state index contributed by atoms with van der Waals surface area (Å²) in [5.74, 6) is -1.56. The second kappa shape index (κ2) is 9.85. The highest BCUT2D eigenvalue weighted by atomic mass is 16.5.